The zero-order valence-corrected chi connectivity index (χ0v) is 37.2. The molecule has 11 rings (SSSR count). The van der Waals surface area contributed by atoms with Crippen molar-refractivity contribution in [2.24, 2.45) is 0 Å². The fraction of sp³-hybridized carbons (Fsp3) is 0.153. The minimum absolute atomic E-state index is 0.167. The van der Waals surface area contributed by atoms with Crippen molar-refractivity contribution in [3.05, 3.63) is 191 Å². The summed E-state index contributed by atoms with van der Waals surface area (Å²) >= 11 is 0. The van der Waals surface area contributed by atoms with E-state index < -0.39 is 0 Å². The van der Waals surface area contributed by atoms with Crippen LogP contribution in [0.3, 0.4) is 0 Å². The Kier molecular flexibility index (Phi) is 8.99. The third-order valence-electron chi connectivity index (χ3n) is 13.6. The first-order valence-electron chi connectivity index (χ1n) is 22.1. The standard InChI is InChI=1S/C59H50N2O2/c1-34(2)57-58-49(47-29-41-23-25-45(27-43(41)31-55(47)62-58)60(51-19-11-9-15-37(51)5)53-21-13-17-35(3)39(53)7)33-50-48-30-42-24-26-46(28-44(42)32-56(48)63-59(50)57)61(52-20-12-10-16-38(52)6)54-22-14-18-36(4)40(54)8/h9-34H,1-8H3. The van der Waals surface area contributed by atoms with Crippen LogP contribution >= 0.6 is 0 Å². The third-order valence-corrected chi connectivity index (χ3v) is 13.6. The molecule has 0 aliphatic carbocycles. The minimum Gasteiger partial charge on any atom is -0.456 e. The zero-order valence-electron chi connectivity index (χ0n) is 37.2. The molecular formula is C59H50N2O2. The van der Waals surface area contributed by atoms with Crippen molar-refractivity contribution < 1.29 is 8.83 Å². The smallest absolute Gasteiger partial charge is 0.142 e. The summed E-state index contributed by atoms with van der Waals surface area (Å²) in [6.45, 7) is 17.6. The molecule has 0 spiro atoms. The Balaban J connectivity index is 1.06. The number of anilines is 6. The molecule has 9 aromatic carbocycles. The largest absolute Gasteiger partial charge is 0.456 e. The predicted octanol–water partition coefficient (Wildman–Crippen LogP) is 17.7. The van der Waals surface area contributed by atoms with Crippen molar-refractivity contribution in [3.63, 3.8) is 0 Å². The summed E-state index contributed by atoms with van der Waals surface area (Å²) in [5, 5.41) is 9.06. The molecule has 2 aromatic heterocycles. The lowest BCUT2D eigenvalue weighted by Gasteiger charge is -2.29. The number of furan rings is 2. The lowest BCUT2D eigenvalue weighted by molar-refractivity contribution is 0.638. The van der Waals surface area contributed by atoms with Crippen molar-refractivity contribution in [2.75, 3.05) is 9.80 Å². The van der Waals surface area contributed by atoms with Crippen molar-refractivity contribution in [1.82, 2.24) is 0 Å². The van der Waals surface area contributed by atoms with Gasteiger partial charge in [-0.15, -0.1) is 0 Å². The molecule has 0 N–H and O–H groups in total. The maximum Gasteiger partial charge on any atom is 0.142 e. The molecule has 308 valence electrons. The zero-order chi connectivity index (χ0) is 43.3. The van der Waals surface area contributed by atoms with Gasteiger partial charge in [0.25, 0.3) is 0 Å². The van der Waals surface area contributed by atoms with Crippen LogP contribution in [0.4, 0.5) is 34.1 Å². The summed E-state index contributed by atoms with van der Waals surface area (Å²) in [6, 6.07) is 55.4. The van der Waals surface area contributed by atoms with Crippen molar-refractivity contribution >= 4 is 99.5 Å². The lowest BCUT2D eigenvalue weighted by atomic mass is 9.95. The van der Waals surface area contributed by atoms with Gasteiger partial charge in [-0.1, -0.05) is 86.6 Å². The molecule has 63 heavy (non-hydrogen) atoms. The maximum atomic E-state index is 6.93. The number of benzene rings is 9. The molecule has 0 atom stereocenters. The molecular weight excluding hydrogens is 769 g/mol. The highest BCUT2D eigenvalue weighted by molar-refractivity contribution is 6.20. The first-order valence-corrected chi connectivity index (χ1v) is 22.1. The van der Waals surface area contributed by atoms with Crippen LogP contribution in [0.1, 0.15) is 58.7 Å². The third kappa shape index (κ3) is 6.19. The summed E-state index contributed by atoms with van der Waals surface area (Å²) < 4.78 is 13.9. The molecule has 4 nitrogen and oxygen atoms in total. The average Bonchev–Trinajstić information content (AvgIpc) is 3.81. The number of hydrogen-bond acceptors (Lipinski definition) is 4. The van der Waals surface area contributed by atoms with Crippen LogP contribution in [0.2, 0.25) is 0 Å². The van der Waals surface area contributed by atoms with Crippen LogP contribution in [-0.2, 0) is 0 Å². The lowest BCUT2D eigenvalue weighted by Crippen LogP contribution is -2.13. The Morgan fingerprint density at radius 1 is 0.365 bits per heavy atom. The van der Waals surface area contributed by atoms with Gasteiger partial charge in [-0.3, -0.25) is 0 Å². The van der Waals surface area contributed by atoms with Gasteiger partial charge in [-0.2, -0.15) is 0 Å². The highest BCUT2D eigenvalue weighted by Crippen LogP contribution is 2.47. The second kappa shape index (κ2) is 14.7. The molecule has 2 heterocycles. The fourth-order valence-electron chi connectivity index (χ4n) is 9.83. The first-order chi connectivity index (χ1) is 30.5. The van der Waals surface area contributed by atoms with Gasteiger partial charge in [0, 0.05) is 61.2 Å². The first kappa shape index (κ1) is 38.6. The quantitative estimate of drug-likeness (QED) is 0.160. The average molecular weight is 819 g/mol. The highest BCUT2D eigenvalue weighted by Gasteiger charge is 2.24. The van der Waals surface area contributed by atoms with E-state index in [1.165, 1.54) is 66.9 Å². The van der Waals surface area contributed by atoms with Crippen molar-refractivity contribution in [2.45, 2.75) is 61.3 Å². The van der Waals surface area contributed by atoms with Gasteiger partial charge in [0.15, 0.2) is 0 Å². The van der Waals surface area contributed by atoms with E-state index in [-0.39, 0.29) is 5.92 Å². The topological polar surface area (TPSA) is 32.8 Å². The van der Waals surface area contributed by atoms with Gasteiger partial charge >= 0.3 is 0 Å². The van der Waals surface area contributed by atoms with E-state index >= 15 is 0 Å². The van der Waals surface area contributed by atoms with Gasteiger partial charge in [0.2, 0.25) is 0 Å². The number of fused-ring (bicyclic) bond motifs is 8. The van der Waals surface area contributed by atoms with Crippen LogP contribution in [0, 0.1) is 41.5 Å². The summed E-state index contributed by atoms with van der Waals surface area (Å²) in [6.07, 6.45) is 0. The molecule has 0 bridgehead atoms. The van der Waals surface area contributed by atoms with Crippen LogP contribution in [0.5, 0.6) is 0 Å². The van der Waals surface area contributed by atoms with E-state index in [0.29, 0.717) is 0 Å². The summed E-state index contributed by atoms with van der Waals surface area (Å²) in [7, 11) is 0. The monoisotopic (exact) mass is 818 g/mol. The van der Waals surface area contributed by atoms with Gasteiger partial charge in [0.05, 0.1) is 0 Å². The van der Waals surface area contributed by atoms with Gasteiger partial charge in [-0.25, -0.2) is 0 Å². The number of rotatable bonds is 7. The Morgan fingerprint density at radius 2 is 0.778 bits per heavy atom. The molecule has 0 saturated heterocycles. The second-order valence-corrected chi connectivity index (χ2v) is 17.8. The molecule has 0 fully saturated rings. The molecule has 0 aliphatic rings. The fourth-order valence-corrected chi connectivity index (χ4v) is 9.83. The Labute approximate surface area is 368 Å². The Morgan fingerprint density at radius 3 is 1.21 bits per heavy atom. The maximum absolute atomic E-state index is 6.93. The Hall–Kier alpha value is -7.30. The molecule has 0 unspecified atom stereocenters. The number of nitrogens with zero attached hydrogens (tertiary/aromatic N) is 2. The van der Waals surface area contributed by atoms with Gasteiger partial charge in [-0.05, 0) is 181 Å². The van der Waals surface area contributed by atoms with Gasteiger partial charge < -0.3 is 18.6 Å². The predicted molar refractivity (Wildman–Crippen MR) is 268 cm³/mol. The van der Waals surface area contributed by atoms with E-state index in [1.54, 1.807) is 0 Å². The van der Waals surface area contributed by atoms with Crippen LogP contribution < -0.4 is 9.80 Å². The second-order valence-electron chi connectivity index (χ2n) is 17.8. The van der Waals surface area contributed by atoms with Crippen LogP contribution in [-0.4, -0.2) is 0 Å². The van der Waals surface area contributed by atoms with Crippen LogP contribution in [0.15, 0.2) is 160 Å². The van der Waals surface area contributed by atoms with Crippen LogP contribution in [0.25, 0.3) is 65.4 Å². The summed E-state index contributed by atoms with van der Waals surface area (Å²) in [5.74, 6) is 0.167. The SMILES string of the molecule is Cc1ccccc1N(c1ccc2cc3c(cc2c1)oc1c(C(C)C)c2oc4cc5cc(N(c6ccccc6C)c6cccc(C)c6C)ccc5cc4c2cc13)c1cccc(C)c1C. The molecule has 0 radical (unpaired) electrons. The molecule has 0 saturated carbocycles. The van der Waals surface area contributed by atoms with Gasteiger partial charge in [0.1, 0.15) is 22.3 Å². The number of para-hydroxylation sites is 2. The van der Waals surface area contributed by atoms with E-state index in [9.17, 15) is 0 Å². The summed E-state index contributed by atoms with van der Waals surface area (Å²) in [5.41, 5.74) is 19.1. The van der Waals surface area contributed by atoms with E-state index in [0.717, 1.165) is 71.6 Å². The summed E-state index contributed by atoms with van der Waals surface area (Å²) in [4.78, 5) is 4.79. The Bertz CT molecular complexity index is 3410. The van der Waals surface area contributed by atoms with E-state index in [4.69, 9.17) is 8.83 Å². The highest BCUT2D eigenvalue weighted by atomic mass is 16.3. The number of hydrogen-bond donors (Lipinski definition) is 0. The van der Waals surface area contributed by atoms with E-state index in [1.807, 2.05) is 0 Å². The molecule has 0 amide bonds. The van der Waals surface area contributed by atoms with Crippen molar-refractivity contribution in [1.29, 1.82) is 0 Å². The molecule has 0 aliphatic heterocycles. The van der Waals surface area contributed by atoms with Crippen molar-refractivity contribution in [3.8, 4) is 0 Å². The molecule has 4 heteroatoms. The number of aryl methyl sites for hydroxylation is 4. The molecule has 11 aromatic rings. The minimum atomic E-state index is 0.167. The normalized spacial score (nSPS) is 12.0. The van der Waals surface area contributed by atoms with E-state index in [2.05, 4.69) is 217 Å².